The average molecular weight is 609 g/mol. The summed E-state index contributed by atoms with van der Waals surface area (Å²) in [7, 11) is 0. The Balaban J connectivity index is 1.60. The van der Waals surface area contributed by atoms with Gasteiger partial charge in [-0.2, -0.15) is 0 Å². The number of hydrogen-bond acceptors (Lipinski definition) is 12. The van der Waals surface area contributed by atoms with Crippen molar-refractivity contribution in [3.8, 4) is 0 Å². The molecule has 12 heteroatoms. The molecule has 0 aromatic heterocycles. The minimum Gasteiger partial charge on any atom is -0.463 e. The van der Waals surface area contributed by atoms with E-state index in [9.17, 15) is 40.5 Å². The molecule has 0 aromatic carbocycles. The predicted octanol–water partition coefficient (Wildman–Crippen LogP) is 1.42. The first kappa shape index (κ1) is 37.3. The van der Waals surface area contributed by atoms with Crippen molar-refractivity contribution in [2.45, 2.75) is 171 Å². The Morgan fingerprint density at radius 1 is 0.619 bits per heavy atom. The van der Waals surface area contributed by atoms with E-state index in [0.29, 0.717) is 6.42 Å². The summed E-state index contributed by atoms with van der Waals surface area (Å²) < 4.78 is 21.3. The van der Waals surface area contributed by atoms with Crippen LogP contribution in [-0.2, 0) is 23.7 Å². The molecule has 7 N–H and O–H groups in total. The molecule has 0 radical (unpaired) electrons. The largest absolute Gasteiger partial charge is 0.463 e. The molecule has 12 nitrogen and oxygen atoms in total. The molecule has 0 aromatic rings. The van der Waals surface area contributed by atoms with Crippen LogP contribution < -0.4 is 0 Å². The quantitative estimate of drug-likeness (QED) is 0.0732. The van der Waals surface area contributed by atoms with Gasteiger partial charge in [0.25, 0.3) is 0 Å². The van der Waals surface area contributed by atoms with Crippen LogP contribution in [-0.4, -0.2) is 116 Å². The van der Waals surface area contributed by atoms with Crippen molar-refractivity contribution in [3.63, 3.8) is 0 Å². The molecule has 1 unspecified atom stereocenters. The maximum Gasteiger partial charge on any atom is 0.305 e. The first-order valence-corrected chi connectivity index (χ1v) is 16.0. The van der Waals surface area contributed by atoms with Crippen LogP contribution in [0.5, 0.6) is 0 Å². The molecule has 0 saturated carbocycles. The summed E-state index contributed by atoms with van der Waals surface area (Å²) in [5, 5.41) is 70.3. The average Bonchev–Trinajstić information content (AvgIpc) is 2.98. The summed E-state index contributed by atoms with van der Waals surface area (Å²) in [6.45, 7) is 1.14. The van der Waals surface area contributed by atoms with E-state index in [0.717, 1.165) is 19.3 Å². The van der Waals surface area contributed by atoms with Gasteiger partial charge in [0.15, 0.2) is 12.6 Å². The van der Waals surface area contributed by atoms with Crippen LogP contribution in [0.25, 0.3) is 0 Å². The summed E-state index contributed by atoms with van der Waals surface area (Å²) in [5.41, 5.74) is 0. The Morgan fingerprint density at radius 3 is 1.67 bits per heavy atom. The lowest BCUT2D eigenvalue weighted by molar-refractivity contribution is -0.355. The van der Waals surface area contributed by atoms with Crippen LogP contribution in [0.4, 0.5) is 0 Å². The lowest BCUT2D eigenvalue weighted by atomic mass is 9.97. The Hall–Kier alpha value is -0.930. The fourth-order valence-corrected chi connectivity index (χ4v) is 5.44. The molecule has 10 atom stereocenters. The zero-order valence-corrected chi connectivity index (χ0v) is 25.2. The third-order valence-corrected chi connectivity index (χ3v) is 8.19. The van der Waals surface area contributed by atoms with Gasteiger partial charge in [-0.1, -0.05) is 96.8 Å². The van der Waals surface area contributed by atoms with Gasteiger partial charge in [0.2, 0.25) is 0 Å². The molecule has 0 aliphatic carbocycles. The molecule has 0 spiro atoms. The molecular formula is C30H56O12. The molecule has 42 heavy (non-hydrogen) atoms. The molecule has 2 aliphatic rings. The first-order chi connectivity index (χ1) is 20.2. The Labute approximate surface area is 249 Å². The van der Waals surface area contributed by atoms with E-state index in [1.807, 2.05) is 0 Å². The van der Waals surface area contributed by atoms with Gasteiger partial charge in [0, 0.05) is 6.42 Å². The fourth-order valence-electron chi connectivity index (χ4n) is 5.44. The zero-order chi connectivity index (χ0) is 30.9. The summed E-state index contributed by atoms with van der Waals surface area (Å²) in [6, 6.07) is 0. The van der Waals surface area contributed by atoms with Gasteiger partial charge >= 0.3 is 5.97 Å². The van der Waals surface area contributed by atoms with Crippen molar-refractivity contribution in [3.05, 3.63) is 0 Å². The van der Waals surface area contributed by atoms with E-state index < -0.39 is 80.6 Å². The molecule has 2 heterocycles. The molecule has 2 fully saturated rings. The van der Waals surface area contributed by atoms with Crippen molar-refractivity contribution >= 4 is 5.97 Å². The number of ether oxygens (including phenoxy) is 4. The van der Waals surface area contributed by atoms with Crippen LogP contribution >= 0.6 is 0 Å². The molecule has 2 saturated heterocycles. The van der Waals surface area contributed by atoms with Gasteiger partial charge in [-0.25, -0.2) is 0 Å². The highest BCUT2D eigenvalue weighted by Gasteiger charge is 2.50. The third-order valence-electron chi connectivity index (χ3n) is 8.19. The highest BCUT2D eigenvalue weighted by Crippen LogP contribution is 2.29. The summed E-state index contributed by atoms with van der Waals surface area (Å²) in [5.74, 6) is -0.480. The Kier molecular flexibility index (Phi) is 18.6. The van der Waals surface area contributed by atoms with Crippen molar-refractivity contribution in [2.75, 3.05) is 13.2 Å². The number of aliphatic hydroxyl groups excluding tert-OH is 7. The normalized spacial score (nSPS) is 33.5. The predicted molar refractivity (Wildman–Crippen MR) is 152 cm³/mol. The lowest BCUT2D eigenvalue weighted by Gasteiger charge is -2.45. The Bertz CT molecular complexity index is 710. The zero-order valence-electron chi connectivity index (χ0n) is 25.2. The number of aliphatic hydroxyl groups is 7. The second-order valence-electron chi connectivity index (χ2n) is 11.7. The smallest absolute Gasteiger partial charge is 0.305 e. The first-order valence-electron chi connectivity index (χ1n) is 16.0. The maximum absolute atomic E-state index is 12.2. The summed E-state index contributed by atoms with van der Waals surface area (Å²) in [6.07, 6.45) is 2.58. The van der Waals surface area contributed by atoms with Gasteiger partial charge in [-0.05, 0) is 6.42 Å². The highest BCUT2D eigenvalue weighted by atomic mass is 16.7. The number of rotatable bonds is 21. The van der Waals surface area contributed by atoms with Crippen molar-refractivity contribution < 1.29 is 59.5 Å². The van der Waals surface area contributed by atoms with Crippen molar-refractivity contribution in [1.82, 2.24) is 0 Å². The molecule has 0 bridgehead atoms. The van der Waals surface area contributed by atoms with Gasteiger partial charge < -0.3 is 54.7 Å². The minimum atomic E-state index is -1.77. The van der Waals surface area contributed by atoms with E-state index in [1.165, 1.54) is 70.6 Å². The summed E-state index contributed by atoms with van der Waals surface area (Å²) >= 11 is 0. The van der Waals surface area contributed by atoms with Gasteiger partial charge in [0.05, 0.1) is 6.61 Å². The number of esters is 1. The minimum absolute atomic E-state index is 0.205. The fraction of sp³-hybridized carbons (Fsp3) is 0.967. The van der Waals surface area contributed by atoms with E-state index >= 15 is 0 Å². The second-order valence-corrected chi connectivity index (χ2v) is 11.7. The summed E-state index contributed by atoms with van der Waals surface area (Å²) in [4.78, 5) is 12.2. The van der Waals surface area contributed by atoms with Crippen LogP contribution in [0.15, 0.2) is 0 Å². The number of carbonyl (C=O) groups excluding carboxylic acids is 1. The van der Waals surface area contributed by atoms with Gasteiger partial charge in [-0.3, -0.25) is 4.79 Å². The van der Waals surface area contributed by atoms with E-state index in [2.05, 4.69) is 6.92 Å². The highest BCUT2D eigenvalue weighted by molar-refractivity contribution is 5.69. The monoisotopic (exact) mass is 608 g/mol. The van der Waals surface area contributed by atoms with E-state index in [4.69, 9.17) is 18.9 Å². The number of unbranched alkanes of at least 4 members (excludes halogenated alkanes) is 14. The second kappa shape index (κ2) is 20.9. The van der Waals surface area contributed by atoms with E-state index in [-0.39, 0.29) is 6.42 Å². The standard InChI is InChI=1S/C30H56O12/c1-2-3-4-5-6-7-8-9-10-11-12-13-14-15-16-17-22(32)39-19-21-23(33)24(34)27(37)30(41-21)42-28-20(18-31)40-29(38)26(36)25(28)35/h20-21,23-31,33-38H,2-19H2,1H3/t20-,21-,23-,24+,25-,26-,27-,28-,29?,30-/m1/s1. The van der Waals surface area contributed by atoms with Crippen molar-refractivity contribution in [2.24, 2.45) is 0 Å². The van der Waals surface area contributed by atoms with Gasteiger partial charge in [0.1, 0.15) is 55.4 Å². The molecule has 2 rings (SSSR count). The van der Waals surface area contributed by atoms with Crippen LogP contribution in [0.3, 0.4) is 0 Å². The van der Waals surface area contributed by atoms with Crippen LogP contribution in [0.1, 0.15) is 110 Å². The van der Waals surface area contributed by atoms with E-state index in [1.54, 1.807) is 0 Å². The SMILES string of the molecule is CCCCCCCCCCCCCCCCCC(=O)OC[C@H]1O[C@H](O[C@H]2[C@H](O)[C@@H](O)C(O)O[C@@H]2CO)[C@H](O)[C@@H](O)[C@@H]1O. The van der Waals surface area contributed by atoms with Crippen molar-refractivity contribution in [1.29, 1.82) is 0 Å². The van der Waals surface area contributed by atoms with Crippen LogP contribution in [0, 0.1) is 0 Å². The molecule has 248 valence electrons. The number of carbonyl (C=O) groups is 1. The lowest BCUT2D eigenvalue weighted by Crippen LogP contribution is -2.64. The van der Waals surface area contributed by atoms with Gasteiger partial charge in [-0.15, -0.1) is 0 Å². The number of hydrogen-bond donors (Lipinski definition) is 7. The topological polar surface area (TPSA) is 196 Å². The molecular weight excluding hydrogens is 552 g/mol. The molecule has 2 aliphatic heterocycles. The third kappa shape index (κ3) is 12.6. The van der Waals surface area contributed by atoms with Crippen LogP contribution in [0.2, 0.25) is 0 Å². The maximum atomic E-state index is 12.2. The molecule has 0 amide bonds. The Morgan fingerprint density at radius 2 is 1.14 bits per heavy atom.